The van der Waals surface area contributed by atoms with E-state index < -0.39 is 5.97 Å². The number of aromatic carboxylic acids is 1. The minimum Gasteiger partial charge on any atom is -0.508 e. The van der Waals surface area contributed by atoms with Crippen molar-refractivity contribution in [1.29, 1.82) is 0 Å². The predicted molar refractivity (Wildman–Crippen MR) is 184 cm³/mol. The average Bonchev–Trinajstić information content (AvgIpc) is 3.04. The van der Waals surface area contributed by atoms with Crippen molar-refractivity contribution in [1.82, 2.24) is 20.4 Å². The molecule has 4 N–H and O–H groups in total. The maximum absolute atomic E-state index is 11.3. The van der Waals surface area contributed by atoms with Gasteiger partial charge in [0.25, 0.3) is 0 Å². The van der Waals surface area contributed by atoms with Gasteiger partial charge in [0.1, 0.15) is 5.75 Å². The highest BCUT2D eigenvalue weighted by atomic mass is 16.4. The summed E-state index contributed by atoms with van der Waals surface area (Å²) in [4.78, 5) is 26.5. The Morgan fingerprint density at radius 3 is 2.40 bits per heavy atom. The second-order valence-corrected chi connectivity index (χ2v) is 11.0. The number of aromatic hydroxyl groups is 1. The minimum absolute atomic E-state index is 0.273. The first-order valence-electron chi connectivity index (χ1n) is 16.0. The van der Waals surface area contributed by atoms with E-state index in [4.69, 9.17) is 0 Å². The van der Waals surface area contributed by atoms with Crippen LogP contribution < -0.4 is 10.6 Å². The molecule has 0 spiro atoms. The van der Waals surface area contributed by atoms with Gasteiger partial charge < -0.3 is 20.8 Å². The Kier molecular flexibility index (Phi) is 17.9. The number of rotatable bonds is 15. The molecule has 8 nitrogen and oxygen atoms in total. The van der Waals surface area contributed by atoms with E-state index in [0.717, 1.165) is 69.7 Å². The molecule has 0 radical (unpaired) electrons. The van der Waals surface area contributed by atoms with Crippen molar-refractivity contribution in [3.05, 3.63) is 113 Å². The van der Waals surface area contributed by atoms with Crippen LogP contribution in [0.1, 0.15) is 59.8 Å². The first-order chi connectivity index (χ1) is 21.9. The number of nitrogens with one attached hydrogen (secondary N) is 2. The molecule has 0 saturated carbocycles. The van der Waals surface area contributed by atoms with Crippen molar-refractivity contribution in [2.75, 3.05) is 45.8 Å². The van der Waals surface area contributed by atoms with Gasteiger partial charge in [0.05, 0.1) is 5.56 Å². The normalized spacial score (nSPS) is 14.4. The van der Waals surface area contributed by atoms with Crippen LogP contribution in [0.5, 0.6) is 5.75 Å². The fourth-order valence-corrected chi connectivity index (χ4v) is 5.24. The smallest absolute Gasteiger partial charge is 0.335 e. The summed E-state index contributed by atoms with van der Waals surface area (Å²) < 4.78 is 0. The highest BCUT2D eigenvalue weighted by Crippen LogP contribution is 2.17. The lowest BCUT2D eigenvalue weighted by Crippen LogP contribution is -2.49. The Morgan fingerprint density at radius 1 is 1.02 bits per heavy atom. The van der Waals surface area contributed by atoms with Crippen LogP contribution in [0.2, 0.25) is 0 Å². The van der Waals surface area contributed by atoms with E-state index in [1.54, 1.807) is 30.3 Å². The van der Waals surface area contributed by atoms with E-state index in [0.29, 0.717) is 25.5 Å². The zero-order valence-corrected chi connectivity index (χ0v) is 27.3. The quantitative estimate of drug-likeness (QED) is 0.104. The standard InChI is InChI=1S/C27H30N2O4.C8H16N2.C2H6/c30-20-28-12-4-13-29(19-24-8-2-9-25(17-24)27(32)33)14-11-21-5-1-6-22(15-21)16-23-7-3-10-26(31)18-23;1-3-5-10-6-4-9-8(2)7-10;1-2/h1-3,5-10,15,17-18,20,31H,4,11-14,16,19H2,(H,28,30)(H,32,33);3,8-9H,1,4-7H2,2H3;1-2H3. The molecular formula is C37H52N4O4. The summed E-state index contributed by atoms with van der Waals surface area (Å²) in [5, 5.41) is 25.1. The van der Waals surface area contributed by atoms with Gasteiger partial charge in [-0.05, 0) is 72.7 Å². The fourth-order valence-electron chi connectivity index (χ4n) is 5.24. The Balaban J connectivity index is 0.000000495. The number of phenolic OH excluding ortho intramolecular Hbond substituents is 1. The highest BCUT2D eigenvalue weighted by molar-refractivity contribution is 5.87. The highest BCUT2D eigenvalue weighted by Gasteiger charge is 2.13. The van der Waals surface area contributed by atoms with Crippen LogP contribution in [-0.2, 0) is 24.2 Å². The van der Waals surface area contributed by atoms with E-state index in [-0.39, 0.29) is 11.3 Å². The second kappa shape index (κ2) is 21.7. The summed E-state index contributed by atoms with van der Waals surface area (Å²) >= 11 is 0. The van der Waals surface area contributed by atoms with Crippen molar-refractivity contribution in [3.8, 4) is 5.75 Å². The summed E-state index contributed by atoms with van der Waals surface area (Å²) in [7, 11) is 0. The lowest BCUT2D eigenvalue weighted by atomic mass is 10.0. The fraction of sp³-hybridized carbons (Fsp3) is 0.405. The lowest BCUT2D eigenvalue weighted by molar-refractivity contribution is -0.109. The SMILES string of the molecule is C=CCN1CCNC(C)C1.CC.O=CNCCCN(CCc1cccc(Cc2cccc(O)c2)c1)Cc1cccc(C(=O)O)c1. The summed E-state index contributed by atoms with van der Waals surface area (Å²) in [5.41, 5.74) is 4.72. The number of carbonyl (C=O) groups is 2. The lowest BCUT2D eigenvalue weighted by Gasteiger charge is -2.30. The molecule has 1 fully saturated rings. The van der Waals surface area contributed by atoms with Crippen molar-refractivity contribution in [2.24, 2.45) is 0 Å². The van der Waals surface area contributed by atoms with Gasteiger partial charge >= 0.3 is 5.97 Å². The monoisotopic (exact) mass is 616 g/mol. The molecule has 1 aliphatic heterocycles. The van der Waals surface area contributed by atoms with Gasteiger partial charge in [-0.1, -0.05) is 68.5 Å². The van der Waals surface area contributed by atoms with E-state index in [1.165, 1.54) is 11.1 Å². The number of benzene rings is 3. The second-order valence-electron chi connectivity index (χ2n) is 11.0. The van der Waals surface area contributed by atoms with Crippen LogP contribution in [-0.4, -0.2) is 84.2 Å². The minimum atomic E-state index is -0.929. The van der Waals surface area contributed by atoms with E-state index in [1.807, 2.05) is 38.1 Å². The Hall–Kier alpha value is -3.98. The molecule has 8 heteroatoms. The van der Waals surface area contributed by atoms with Crippen LogP contribution >= 0.6 is 0 Å². The maximum Gasteiger partial charge on any atom is 0.335 e. The molecule has 244 valence electrons. The molecule has 3 aromatic rings. The Bertz CT molecular complexity index is 1300. The molecule has 1 unspecified atom stereocenters. The third-order valence-electron chi connectivity index (χ3n) is 7.33. The van der Waals surface area contributed by atoms with Crippen LogP contribution in [0, 0.1) is 0 Å². The molecule has 1 aliphatic rings. The molecular weight excluding hydrogens is 564 g/mol. The molecule has 0 bridgehead atoms. The van der Waals surface area contributed by atoms with Gasteiger partial charge in [-0.2, -0.15) is 0 Å². The summed E-state index contributed by atoms with van der Waals surface area (Å²) in [6, 6.07) is 23.5. The average molecular weight is 617 g/mol. The number of hydrogen-bond acceptors (Lipinski definition) is 6. The summed E-state index contributed by atoms with van der Waals surface area (Å²) in [5.74, 6) is -0.655. The van der Waals surface area contributed by atoms with Gasteiger partial charge in [0, 0.05) is 58.4 Å². The molecule has 1 atom stereocenters. The van der Waals surface area contributed by atoms with Crippen molar-refractivity contribution in [2.45, 2.75) is 52.6 Å². The third-order valence-corrected chi connectivity index (χ3v) is 7.33. The van der Waals surface area contributed by atoms with Crippen molar-refractivity contribution in [3.63, 3.8) is 0 Å². The first-order valence-corrected chi connectivity index (χ1v) is 16.0. The molecule has 3 aromatic carbocycles. The van der Waals surface area contributed by atoms with E-state index >= 15 is 0 Å². The molecule has 1 saturated heterocycles. The topological polar surface area (TPSA) is 105 Å². The number of piperazine rings is 1. The van der Waals surface area contributed by atoms with Crippen molar-refractivity contribution < 1.29 is 19.8 Å². The van der Waals surface area contributed by atoms with Gasteiger partial charge in [-0.25, -0.2) is 4.79 Å². The number of amides is 1. The van der Waals surface area contributed by atoms with Gasteiger partial charge in [0.2, 0.25) is 6.41 Å². The number of carboxylic acid groups (broad SMARTS) is 1. The summed E-state index contributed by atoms with van der Waals surface area (Å²) in [6.45, 7) is 17.3. The Labute approximate surface area is 269 Å². The van der Waals surface area contributed by atoms with E-state index in [2.05, 4.69) is 58.2 Å². The van der Waals surface area contributed by atoms with Crippen LogP contribution in [0.15, 0.2) is 85.5 Å². The molecule has 0 aromatic heterocycles. The predicted octanol–water partition coefficient (Wildman–Crippen LogP) is 5.35. The van der Waals surface area contributed by atoms with E-state index in [9.17, 15) is 19.8 Å². The van der Waals surface area contributed by atoms with Crippen LogP contribution in [0.3, 0.4) is 0 Å². The molecule has 1 amide bonds. The largest absolute Gasteiger partial charge is 0.508 e. The van der Waals surface area contributed by atoms with Crippen LogP contribution in [0.4, 0.5) is 0 Å². The number of phenols is 1. The first kappa shape index (κ1) is 37.2. The number of carbonyl (C=O) groups excluding carboxylic acids is 1. The molecule has 4 rings (SSSR count). The van der Waals surface area contributed by atoms with Crippen molar-refractivity contribution >= 4 is 12.4 Å². The summed E-state index contributed by atoms with van der Waals surface area (Å²) in [6.07, 6.45) is 5.10. The Morgan fingerprint density at radius 2 is 1.71 bits per heavy atom. The number of carboxylic acids is 1. The third kappa shape index (κ3) is 15.0. The van der Waals surface area contributed by atoms with Gasteiger partial charge in [-0.15, -0.1) is 6.58 Å². The van der Waals surface area contributed by atoms with Gasteiger partial charge in [-0.3, -0.25) is 14.6 Å². The molecule has 1 heterocycles. The zero-order chi connectivity index (χ0) is 32.9. The van der Waals surface area contributed by atoms with Crippen LogP contribution in [0.25, 0.3) is 0 Å². The number of hydrogen-bond donors (Lipinski definition) is 4. The molecule has 0 aliphatic carbocycles. The maximum atomic E-state index is 11.3. The zero-order valence-electron chi connectivity index (χ0n) is 27.3. The van der Waals surface area contributed by atoms with Gasteiger partial charge in [0.15, 0.2) is 0 Å². The number of nitrogens with zero attached hydrogens (tertiary/aromatic N) is 2. The molecule has 45 heavy (non-hydrogen) atoms.